The molecular formula is C19H25NO2. The molecule has 2 aromatic carbocycles. The second-order valence-electron chi connectivity index (χ2n) is 5.81. The molecule has 0 aliphatic carbocycles. The molecule has 0 spiro atoms. The fourth-order valence-corrected chi connectivity index (χ4v) is 2.36. The van der Waals surface area contributed by atoms with Crippen LogP contribution in [0.3, 0.4) is 0 Å². The molecule has 0 aliphatic rings. The van der Waals surface area contributed by atoms with E-state index in [0.29, 0.717) is 11.8 Å². The molecule has 0 aliphatic heterocycles. The van der Waals surface area contributed by atoms with Gasteiger partial charge in [0.1, 0.15) is 0 Å². The Morgan fingerprint density at radius 2 is 1.77 bits per heavy atom. The van der Waals surface area contributed by atoms with E-state index in [4.69, 9.17) is 4.74 Å². The molecule has 2 aromatic rings. The molecular weight excluding hydrogens is 274 g/mol. The number of ether oxygens (including phenoxy) is 1. The Kier molecular flexibility index (Phi) is 5.84. The van der Waals surface area contributed by atoms with Crippen LogP contribution in [-0.2, 0) is 13.0 Å². The molecule has 118 valence electrons. The Bertz CT molecular complexity index is 593. The molecule has 0 amide bonds. The Balaban J connectivity index is 1.80. The van der Waals surface area contributed by atoms with Gasteiger partial charge in [0.25, 0.3) is 0 Å². The third-order valence-electron chi connectivity index (χ3n) is 3.89. The first-order chi connectivity index (χ1) is 10.6. The van der Waals surface area contributed by atoms with Gasteiger partial charge in [0.15, 0.2) is 11.5 Å². The second-order valence-corrected chi connectivity index (χ2v) is 5.81. The highest BCUT2D eigenvalue weighted by molar-refractivity contribution is 5.41. The minimum absolute atomic E-state index is 0.191. The third-order valence-corrected chi connectivity index (χ3v) is 3.89. The second kappa shape index (κ2) is 7.85. The predicted octanol–water partition coefficient (Wildman–Crippen LogP) is 3.82. The van der Waals surface area contributed by atoms with Gasteiger partial charge in [-0.3, -0.25) is 0 Å². The van der Waals surface area contributed by atoms with E-state index in [9.17, 15) is 5.11 Å². The van der Waals surface area contributed by atoms with E-state index in [2.05, 4.69) is 43.4 Å². The Hall–Kier alpha value is -2.00. The number of rotatable bonds is 7. The van der Waals surface area contributed by atoms with Crippen LogP contribution in [0.15, 0.2) is 42.5 Å². The fourth-order valence-electron chi connectivity index (χ4n) is 2.36. The van der Waals surface area contributed by atoms with Gasteiger partial charge in [-0.25, -0.2) is 0 Å². The monoisotopic (exact) mass is 299 g/mol. The van der Waals surface area contributed by atoms with Gasteiger partial charge in [0.05, 0.1) is 7.11 Å². The van der Waals surface area contributed by atoms with Gasteiger partial charge in [0.2, 0.25) is 0 Å². The van der Waals surface area contributed by atoms with Gasteiger partial charge in [-0.05, 0) is 49.9 Å². The molecule has 2 rings (SSSR count). The van der Waals surface area contributed by atoms with Crippen molar-refractivity contribution in [2.45, 2.75) is 39.3 Å². The smallest absolute Gasteiger partial charge is 0.160 e. The summed E-state index contributed by atoms with van der Waals surface area (Å²) in [5, 5.41) is 13.2. The summed E-state index contributed by atoms with van der Waals surface area (Å²) in [5.74, 6) is 0.731. The van der Waals surface area contributed by atoms with Crippen molar-refractivity contribution in [1.82, 2.24) is 5.32 Å². The molecule has 0 fully saturated rings. The molecule has 1 atom stereocenters. The maximum atomic E-state index is 9.60. The lowest BCUT2D eigenvalue weighted by Crippen LogP contribution is -2.25. The number of hydrogen-bond donors (Lipinski definition) is 2. The van der Waals surface area contributed by atoms with E-state index in [0.717, 1.165) is 19.4 Å². The zero-order chi connectivity index (χ0) is 15.9. The number of phenolic OH excluding ortho intramolecular Hbond substituents is 1. The highest BCUT2D eigenvalue weighted by Crippen LogP contribution is 2.26. The molecule has 0 radical (unpaired) electrons. The average Bonchev–Trinajstić information content (AvgIpc) is 2.53. The van der Waals surface area contributed by atoms with Crippen LogP contribution in [0.4, 0.5) is 0 Å². The lowest BCUT2D eigenvalue weighted by atomic mass is 10.1. The summed E-state index contributed by atoms with van der Waals surface area (Å²) in [6.45, 7) is 5.19. The van der Waals surface area contributed by atoms with Gasteiger partial charge in [-0.1, -0.05) is 35.9 Å². The van der Waals surface area contributed by atoms with Crippen molar-refractivity contribution in [1.29, 1.82) is 0 Å². The molecule has 0 bridgehead atoms. The quantitative estimate of drug-likeness (QED) is 0.816. The summed E-state index contributed by atoms with van der Waals surface area (Å²) >= 11 is 0. The van der Waals surface area contributed by atoms with Crippen molar-refractivity contribution in [2.75, 3.05) is 7.11 Å². The maximum absolute atomic E-state index is 9.60. The molecule has 0 aromatic heterocycles. The standard InChI is InChI=1S/C19H25NO2/c1-14-4-7-17(8-5-14)13-20-15(2)6-9-16-10-11-18(21)19(12-16)22-3/h4-5,7-8,10-12,15,20-21H,6,9,13H2,1-3H3. The summed E-state index contributed by atoms with van der Waals surface area (Å²) in [6, 6.07) is 14.6. The first-order valence-corrected chi connectivity index (χ1v) is 7.73. The van der Waals surface area contributed by atoms with Crippen molar-refractivity contribution >= 4 is 0 Å². The van der Waals surface area contributed by atoms with E-state index in [1.165, 1.54) is 16.7 Å². The summed E-state index contributed by atoms with van der Waals surface area (Å²) < 4.78 is 5.14. The zero-order valence-corrected chi connectivity index (χ0v) is 13.6. The highest BCUT2D eigenvalue weighted by Gasteiger charge is 2.06. The van der Waals surface area contributed by atoms with E-state index >= 15 is 0 Å². The Labute approximate surface area is 133 Å². The molecule has 0 saturated carbocycles. The predicted molar refractivity (Wildman–Crippen MR) is 90.5 cm³/mol. The number of phenols is 1. The number of nitrogens with one attached hydrogen (secondary N) is 1. The average molecular weight is 299 g/mol. The lowest BCUT2D eigenvalue weighted by molar-refractivity contribution is 0.372. The third kappa shape index (κ3) is 4.78. The number of benzene rings is 2. The van der Waals surface area contributed by atoms with Crippen LogP contribution >= 0.6 is 0 Å². The van der Waals surface area contributed by atoms with E-state index < -0.39 is 0 Å². The van der Waals surface area contributed by atoms with Crippen LogP contribution in [0.5, 0.6) is 11.5 Å². The normalized spacial score (nSPS) is 12.1. The van der Waals surface area contributed by atoms with Gasteiger partial charge < -0.3 is 15.2 Å². The van der Waals surface area contributed by atoms with Crippen LogP contribution in [0.1, 0.15) is 30.0 Å². The summed E-state index contributed by atoms with van der Waals surface area (Å²) in [6.07, 6.45) is 2.00. The van der Waals surface area contributed by atoms with Crippen molar-refractivity contribution in [3.63, 3.8) is 0 Å². The van der Waals surface area contributed by atoms with Crippen molar-refractivity contribution in [2.24, 2.45) is 0 Å². The molecule has 3 nitrogen and oxygen atoms in total. The minimum atomic E-state index is 0.191. The van der Waals surface area contributed by atoms with Gasteiger partial charge in [-0.2, -0.15) is 0 Å². The summed E-state index contributed by atoms with van der Waals surface area (Å²) in [5.41, 5.74) is 3.78. The van der Waals surface area contributed by atoms with Crippen molar-refractivity contribution in [3.05, 3.63) is 59.2 Å². The number of methoxy groups -OCH3 is 1. The molecule has 22 heavy (non-hydrogen) atoms. The van der Waals surface area contributed by atoms with Crippen LogP contribution in [0, 0.1) is 6.92 Å². The number of aryl methyl sites for hydroxylation is 2. The first kappa shape index (κ1) is 16.4. The summed E-state index contributed by atoms with van der Waals surface area (Å²) in [7, 11) is 1.57. The lowest BCUT2D eigenvalue weighted by Gasteiger charge is -2.14. The van der Waals surface area contributed by atoms with Crippen LogP contribution in [0.2, 0.25) is 0 Å². The fraction of sp³-hybridized carbons (Fsp3) is 0.368. The SMILES string of the molecule is COc1cc(CCC(C)NCc2ccc(C)cc2)ccc1O. The van der Waals surface area contributed by atoms with Gasteiger partial charge >= 0.3 is 0 Å². The van der Waals surface area contributed by atoms with Crippen LogP contribution in [-0.4, -0.2) is 18.3 Å². The van der Waals surface area contributed by atoms with Crippen LogP contribution < -0.4 is 10.1 Å². The maximum Gasteiger partial charge on any atom is 0.160 e. The molecule has 0 saturated heterocycles. The van der Waals surface area contributed by atoms with E-state index in [1.807, 2.05) is 12.1 Å². The largest absolute Gasteiger partial charge is 0.504 e. The van der Waals surface area contributed by atoms with Crippen LogP contribution in [0.25, 0.3) is 0 Å². The molecule has 0 heterocycles. The minimum Gasteiger partial charge on any atom is -0.504 e. The summed E-state index contributed by atoms with van der Waals surface area (Å²) in [4.78, 5) is 0. The molecule has 1 unspecified atom stereocenters. The van der Waals surface area contributed by atoms with E-state index in [-0.39, 0.29) is 5.75 Å². The van der Waals surface area contributed by atoms with Crippen molar-refractivity contribution < 1.29 is 9.84 Å². The van der Waals surface area contributed by atoms with Gasteiger partial charge in [0, 0.05) is 12.6 Å². The van der Waals surface area contributed by atoms with Gasteiger partial charge in [-0.15, -0.1) is 0 Å². The topological polar surface area (TPSA) is 41.5 Å². The zero-order valence-electron chi connectivity index (χ0n) is 13.6. The Morgan fingerprint density at radius 1 is 1.09 bits per heavy atom. The number of hydrogen-bond acceptors (Lipinski definition) is 3. The number of aromatic hydroxyl groups is 1. The molecule has 2 N–H and O–H groups in total. The first-order valence-electron chi connectivity index (χ1n) is 7.73. The molecule has 3 heteroatoms. The Morgan fingerprint density at radius 3 is 2.45 bits per heavy atom. The van der Waals surface area contributed by atoms with E-state index in [1.54, 1.807) is 13.2 Å². The highest BCUT2D eigenvalue weighted by atomic mass is 16.5. The van der Waals surface area contributed by atoms with Crippen molar-refractivity contribution in [3.8, 4) is 11.5 Å².